The van der Waals surface area contributed by atoms with Crippen molar-refractivity contribution in [2.45, 2.75) is 58.4 Å². The van der Waals surface area contributed by atoms with Gasteiger partial charge in [-0.1, -0.05) is 32.0 Å². The van der Waals surface area contributed by atoms with Crippen molar-refractivity contribution in [2.75, 3.05) is 23.5 Å². The highest BCUT2D eigenvalue weighted by Gasteiger charge is 2.34. The number of nitrogens with zero attached hydrogens (tertiary/aromatic N) is 2. The predicted octanol–water partition coefficient (Wildman–Crippen LogP) is 5.54. The van der Waals surface area contributed by atoms with Crippen molar-refractivity contribution in [1.82, 2.24) is 4.98 Å². The van der Waals surface area contributed by atoms with Gasteiger partial charge in [0.15, 0.2) is 0 Å². The fourth-order valence-corrected chi connectivity index (χ4v) is 4.30. The lowest BCUT2D eigenvalue weighted by atomic mass is 9.85. The summed E-state index contributed by atoms with van der Waals surface area (Å²) >= 11 is 0. The van der Waals surface area contributed by atoms with Gasteiger partial charge in [0.1, 0.15) is 19.0 Å². The molecule has 3 rings (SSSR count). The number of para-hydroxylation sites is 1. The van der Waals surface area contributed by atoms with Crippen LogP contribution in [0.15, 0.2) is 36.4 Å². The number of aryl methyl sites for hydroxylation is 1. The first-order chi connectivity index (χ1) is 15.8. The standard InChI is InChI=1S/C25H32FN3O4/c1-16(2)20-6-4-5-7-22(20)29(19-11-9-18(10-12-19)24(30)31)25(32)28-21-13-8-17(3)27-23(21)33-15-14-26/h4-8,13,16,18-19H,9-12,14-15H2,1-3H3,(H,28,32)(H,30,31). The quantitative estimate of drug-likeness (QED) is 0.543. The highest BCUT2D eigenvalue weighted by molar-refractivity contribution is 6.03. The Morgan fingerprint density at radius 3 is 2.52 bits per heavy atom. The number of halogens is 1. The van der Waals surface area contributed by atoms with E-state index < -0.39 is 12.6 Å². The molecule has 1 aromatic carbocycles. The van der Waals surface area contributed by atoms with Crippen molar-refractivity contribution in [1.29, 1.82) is 0 Å². The summed E-state index contributed by atoms with van der Waals surface area (Å²) in [7, 11) is 0. The Balaban J connectivity index is 1.94. The third-order valence-corrected chi connectivity index (χ3v) is 6.01. The lowest BCUT2D eigenvalue weighted by Crippen LogP contribution is -2.46. The van der Waals surface area contributed by atoms with E-state index in [4.69, 9.17) is 4.74 Å². The maximum absolute atomic E-state index is 13.7. The molecule has 0 saturated heterocycles. The van der Waals surface area contributed by atoms with E-state index in [1.165, 1.54) is 0 Å². The van der Waals surface area contributed by atoms with Crippen molar-refractivity contribution >= 4 is 23.4 Å². The number of urea groups is 1. The number of pyridine rings is 1. The Morgan fingerprint density at radius 2 is 1.88 bits per heavy atom. The van der Waals surface area contributed by atoms with Crippen LogP contribution in [0.25, 0.3) is 0 Å². The number of carbonyl (C=O) groups is 2. The van der Waals surface area contributed by atoms with Gasteiger partial charge in [-0.05, 0) is 62.3 Å². The van der Waals surface area contributed by atoms with Crippen molar-refractivity contribution < 1.29 is 23.8 Å². The molecule has 1 heterocycles. The van der Waals surface area contributed by atoms with E-state index in [1.807, 2.05) is 24.3 Å². The summed E-state index contributed by atoms with van der Waals surface area (Å²) < 4.78 is 18.1. The Kier molecular flexibility index (Phi) is 8.25. The third kappa shape index (κ3) is 6.00. The molecule has 1 fully saturated rings. The summed E-state index contributed by atoms with van der Waals surface area (Å²) in [6, 6.07) is 10.7. The average Bonchev–Trinajstić information content (AvgIpc) is 2.80. The van der Waals surface area contributed by atoms with Crippen LogP contribution >= 0.6 is 0 Å². The first kappa shape index (κ1) is 24.5. The van der Waals surface area contributed by atoms with Gasteiger partial charge in [-0.3, -0.25) is 9.69 Å². The van der Waals surface area contributed by atoms with E-state index in [-0.39, 0.29) is 36.4 Å². The Hall–Kier alpha value is -3.16. The molecule has 2 aromatic rings. The van der Waals surface area contributed by atoms with E-state index in [2.05, 4.69) is 24.1 Å². The number of hydrogen-bond acceptors (Lipinski definition) is 4. The lowest BCUT2D eigenvalue weighted by molar-refractivity contribution is -0.142. The summed E-state index contributed by atoms with van der Waals surface area (Å²) in [4.78, 5) is 31.1. The molecule has 0 atom stereocenters. The molecule has 178 valence electrons. The van der Waals surface area contributed by atoms with Crippen molar-refractivity contribution in [3.8, 4) is 5.88 Å². The highest BCUT2D eigenvalue weighted by atomic mass is 19.1. The normalized spacial score (nSPS) is 18.1. The van der Waals surface area contributed by atoms with Crippen LogP contribution in [0.5, 0.6) is 5.88 Å². The summed E-state index contributed by atoms with van der Waals surface area (Å²) in [6.45, 7) is 5.12. The summed E-state index contributed by atoms with van der Waals surface area (Å²) in [5, 5.41) is 12.3. The number of aromatic nitrogens is 1. The van der Waals surface area contributed by atoms with Gasteiger partial charge < -0.3 is 15.2 Å². The summed E-state index contributed by atoms with van der Waals surface area (Å²) in [6.07, 6.45) is 2.22. The zero-order valence-electron chi connectivity index (χ0n) is 19.4. The van der Waals surface area contributed by atoms with Gasteiger partial charge in [0.2, 0.25) is 5.88 Å². The monoisotopic (exact) mass is 457 g/mol. The number of hydrogen-bond donors (Lipinski definition) is 2. The van der Waals surface area contributed by atoms with Crippen LogP contribution in [0.3, 0.4) is 0 Å². The molecule has 0 unspecified atom stereocenters. The van der Waals surface area contributed by atoms with E-state index >= 15 is 0 Å². The zero-order chi connectivity index (χ0) is 24.0. The Labute approximate surface area is 194 Å². The molecule has 7 nitrogen and oxygen atoms in total. The second kappa shape index (κ2) is 11.1. The molecule has 2 amide bonds. The highest BCUT2D eigenvalue weighted by Crippen LogP contribution is 2.35. The number of nitrogens with one attached hydrogen (secondary N) is 1. The number of carboxylic acids is 1. The second-order valence-corrected chi connectivity index (χ2v) is 8.70. The minimum Gasteiger partial charge on any atom is -0.481 e. The smallest absolute Gasteiger partial charge is 0.326 e. The molecule has 1 aromatic heterocycles. The number of carboxylic acid groups (broad SMARTS) is 1. The molecule has 0 aliphatic heterocycles. The fraction of sp³-hybridized carbons (Fsp3) is 0.480. The molecule has 1 aliphatic rings. The number of ether oxygens (including phenoxy) is 1. The van der Waals surface area contributed by atoms with Gasteiger partial charge in [-0.25, -0.2) is 14.2 Å². The number of alkyl halides is 1. The van der Waals surface area contributed by atoms with Crippen molar-refractivity contribution in [2.24, 2.45) is 5.92 Å². The number of rotatable bonds is 8. The molecule has 0 radical (unpaired) electrons. The van der Waals surface area contributed by atoms with Gasteiger partial charge in [-0.15, -0.1) is 0 Å². The first-order valence-electron chi connectivity index (χ1n) is 11.4. The van der Waals surface area contributed by atoms with Crippen LogP contribution in [-0.2, 0) is 4.79 Å². The molecular formula is C25H32FN3O4. The SMILES string of the molecule is Cc1ccc(NC(=O)N(c2ccccc2C(C)C)C2CCC(C(=O)O)CC2)c(OCCF)n1. The van der Waals surface area contributed by atoms with E-state index in [9.17, 15) is 19.1 Å². The number of aliphatic carboxylic acids is 1. The summed E-state index contributed by atoms with van der Waals surface area (Å²) in [5.74, 6) is -0.801. The molecule has 2 N–H and O–H groups in total. The first-order valence-corrected chi connectivity index (χ1v) is 11.4. The molecule has 8 heteroatoms. The number of anilines is 2. The van der Waals surface area contributed by atoms with E-state index in [0.29, 0.717) is 37.1 Å². The lowest BCUT2D eigenvalue weighted by Gasteiger charge is -2.37. The third-order valence-electron chi connectivity index (χ3n) is 6.01. The van der Waals surface area contributed by atoms with Crippen LogP contribution in [0.2, 0.25) is 0 Å². The zero-order valence-corrected chi connectivity index (χ0v) is 19.4. The van der Waals surface area contributed by atoms with Crippen molar-refractivity contribution in [3.05, 3.63) is 47.7 Å². The average molecular weight is 458 g/mol. The van der Waals surface area contributed by atoms with E-state index in [1.54, 1.807) is 24.0 Å². The van der Waals surface area contributed by atoms with Gasteiger partial charge in [0.05, 0.1) is 5.92 Å². The number of carbonyl (C=O) groups excluding carboxylic acids is 1. The minimum atomic E-state index is -0.785. The van der Waals surface area contributed by atoms with E-state index in [0.717, 1.165) is 11.3 Å². The fourth-order valence-electron chi connectivity index (χ4n) is 4.30. The van der Waals surface area contributed by atoms with Crippen LogP contribution in [-0.4, -0.2) is 41.4 Å². The maximum Gasteiger partial charge on any atom is 0.326 e. The maximum atomic E-state index is 13.7. The van der Waals surface area contributed by atoms with Crippen LogP contribution in [0.1, 0.15) is 56.7 Å². The molecule has 1 aliphatic carbocycles. The topological polar surface area (TPSA) is 91.8 Å². The van der Waals surface area contributed by atoms with Crippen molar-refractivity contribution in [3.63, 3.8) is 0 Å². The second-order valence-electron chi connectivity index (χ2n) is 8.70. The number of amides is 2. The van der Waals surface area contributed by atoms with Crippen LogP contribution in [0.4, 0.5) is 20.6 Å². The molecule has 33 heavy (non-hydrogen) atoms. The number of benzene rings is 1. The molecule has 1 saturated carbocycles. The largest absolute Gasteiger partial charge is 0.481 e. The molecule has 0 bridgehead atoms. The minimum absolute atomic E-state index is 0.144. The molecular weight excluding hydrogens is 425 g/mol. The Bertz CT molecular complexity index is 974. The van der Waals surface area contributed by atoms with Gasteiger partial charge in [-0.2, -0.15) is 0 Å². The van der Waals surface area contributed by atoms with Gasteiger partial charge >= 0.3 is 12.0 Å². The van der Waals surface area contributed by atoms with Gasteiger partial charge in [0.25, 0.3) is 0 Å². The summed E-state index contributed by atoms with van der Waals surface area (Å²) in [5.41, 5.74) is 2.89. The Morgan fingerprint density at radius 1 is 1.18 bits per heavy atom. The van der Waals surface area contributed by atoms with Gasteiger partial charge in [0, 0.05) is 17.4 Å². The van der Waals surface area contributed by atoms with Crippen LogP contribution in [0, 0.1) is 12.8 Å². The molecule has 0 spiro atoms. The predicted molar refractivity (Wildman–Crippen MR) is 126 cm³/mol. The van der Waals surface area contributed by atoms with Crippen LogP contribution < -0.4 is 15.0 Å².